The Bertz CT molecular complexity index is 588. The first-order valence-electron chi connectivity index (χ1n) is 8.91. The second-order valence-corrected chi connectivity index (χ2v) is 7.66. The normalized spacial score (nSPS) is 35.5. The molecule has 3 aliphatic heterocycles. The summed E-state index contributed by atoms with van der Waals surface area (Å²) < 4.78 is 28.6. The van der Waals surface area contributed by atoms with Crippen LogP contribution in [0.4, 0.5) is 4.79 Å². The van der Waals surface area contributed by atoms with Crippen LogP contribution in [0.3, 0.4) is 0 Å². The molecule has 0 saturated carbocycles. The Morgan fingerprint density at radius 3 is 2.23 bits per heavy atom. The third-order valence-electron chi connectivity index (χ3n) is 4.71. The van der Waals surface area contributed by atoms with Crippen LogP contribution in [-0.2, 0) is 28.5 Å². The molecule has 3 saturated heterocycles. The highest BCUT2D eigenvalue weighted by Crippen LogP contribution is 2.37. The van der Waals surface area contributed by atoms with Gasteiger partial charge in [-0.2, -0.15) is 0 Å². The van der Waals surface area contributed by atoms with Gasteiger partial charge in [0.15, 0.2) is 17.7 Å². The van der Waals surface area contributed by atoms with Crippen LogP contribution in [0.5, 0.6) is 0 Å². The van der Waals surface area contributed by atoms with Gasteiger partial charge in [0.2, 0.25) is 5.91 Å². The van der Waals surface area contributed by atoms with Gasteiger partial charge in [0.1, 0.15) is 18.2 Å². The molecule has 3 heterocycles. The molecule has 8 heteroatoms. The van der Waals surface area contributed by atoms with Crippen molar-refractivity contribution in [3.63, 3.8) is 0 Å². The molecule has 2 amide bonds. The first-order valence-corrected chi connectivity index (χ1v) is 8.91. The lowest BCUT2D eigenvalue weighted by Crippen LogP contribution is -2.53. The SMILES string of the molecule is C=CCCC(=O)N1C(=O)O[C@H]([C@H]2COC(C)(C)O2)[C@@H]1[C@H]1COC(C)(C)O1. The second kappa shape index (κ2) is 6.92. The molecule has 3 rings (SSSR count). The van der Waals surface area contributed by atoms with Gasteiger partial charge in [0.25, 0.3) is 0 Å². The lowest BCUT2D eigenvalue weighted by atomic mass is 9.99. The number of hydrogen-bond donors (Lipinski definition) is 0. The summed E-state index contributed by atoms with van der Waals surface area (Å²) in [6, 6.07) is -0.635. The van der Waals surface area contributed by atoms with Crippen LogP contribution in [0.25, 0.3) is 0 Å². The quantitative estimate of drug-likeness (QED) is 0.685. The van der Waals surface area contributed by atoms with Crippen molar-refractivity contribution in [1.29, 1.82) is 0 Å². The van der Waals surface area contributed by atoms with Crippen molar-refractivity contribution in [3.05, 3.63) is 12.7 Å². The third kappa shape index (κ3) is 3.78. The summed E-state index contributed by atoms with van der Waals surface area (Å²) in [7, 11) is 0. The Labute approximate surface area is 153 Å². The van der Waals surface area contributed by atoms with Gasteiger partial charge in [-0.25, -0.2) is 9.69 Å². The third-order valence-corrected chi connectivity index (χ3v) is 4.71. The summed E-state index contributed by atoms with van der Waals surface area (Å²) in [5.74, 6) is -1.88. The number of allylic oxidation sites excluding steroid dienone is 1. The molecule has 0 aromatic heterocycles. The minimum atomic E-state index is -0.789. The smallest absolute Gasteiger partial charge is 0.417 e. The van der Waals surface area contributed by atoms with Gasteiger partial charge >= 0.3 is 6.09 Å². The molecule has 3 fully saturated rings. The van der Waals surface area contributed by atoms with E-state index in [-0.39, 0.29) is 25.5 Å². The number of ether oxygens (including phenoxy) is 5. The molecular weight excluding hydrogens is 342 g/mol. The van der Waals surface area contributed by atoms with Crippen molar-refractivity contribution in [1.82, 2.24) is 4.90 Å². The number of carbonyl (C=O) groups is 2. The topological polar surface area (TPSA) is 83.5 Å². The standard InChI is InChI=1S/C18H27NO7/c1-6-7-8-13(20)19-14(11-9-22-17(2,3)25-11)15(24-16(19)21)12-10-23-18(4,5)26-12/h6,11-12,14-15H,1,7-10H2,2-5H3/t11-,12-,14+,15-/m1/s1. The molecule has 0 spiro atoms. The number of cyclic esters (lactones) is 1. The molecule has 0 aromatic carbocycles. The number of nitrogens with zero attached hydrogens (tertiary/aromatic N) is 1. The van der Waals surface area contributed by atoms with E-state index in [0.29, 0.717) is 6.42 Å². The molecule has 8 nitrogen and oxygen atoms in total. The van der Waals surface area contributed by atoms with Gasteiger partial charge < -0.3 is 23.7 Å². The van der Waals surface area contributed by atoms with Crippen molar-refractivity contribution in [2.45, 2.75) is 76.5 Å². The summed E-state index contributed by atoms with van der Waals surface area (Å²) in [6.07, 6.45) is -0.0591. The van der Waals surface area contributed by atoms with Crippen LogP contribution in [0.2, 0.25) is 0 Å². The molecule has 0 N–H and O–H groups in total. The van der Waals surface area contributed by atoms with Gasteiger partial charge in [-0.15, -0.1) is 6.58 Å². The molecule has 26 heavy (non-hydrogen) atoms. The predicted molar refractivity (Wildman–Crippen MR) is 90.1 cm³/mol. The predicted octanol–water partition coefficient (Wildman–Crippen LogP) is 1.97. The lowest BCUT2D eigenvalue weighted by Gasteiger charge is -2.30. The maximum absolute atomic E-state index is 12.6. The highest BCUT2D eigenvalue weighted by Gasteiger charge is 2.57. The zero-order chi connectivity index (χ0) is 19.1. The zero-order valence-electron chi connectivity index (χ0n) is 15.7. The van der Waals surface area contributed by atoms with E-state index in [2.05, 4.69) is 6.58 Å². The van der Waals surface area contributed by atoms with E-state index in [0.717, 1.165) is 4.90 Å². The van der Waals surface area contributed by atoms with Gasteiger partial charge in [-0.3, -0.25) is 4.79 Å². The van der Waals surface area contributed by atoms with E-state index in [1.165, 1.54) is 0 Å². The van der Waals surface area contributed by atoms with E-state index in [4.69, 9.17) is 23.7 Å². The minimum absolute atomic E-state index is 0.173. The fourth-order valence-electron chi connectivity index (χ4n) is 3.56. The minimum Gasteiger partial charge on any atom is -0.441 e. The van der Waals surface area contributed by atoms with Crippen LogP contribution in [0, 0.1) is 0 Å². The first-order chi connectivity index (χ1) is 12.1. The Morgan fingerprint density at radius 2 is 1.73 bits per heavy atom. The van der Waals surface area contributed by atoms with Crippen LogP contribution in [0.15, 0.2) is 12.7 Å². The van der Waals surface area contributed by atoms with Gasteiger partial charge in [0, 0.05) is 6.42 Å². The Kier molecular flexibility index (Phi) is 5.13. The average molecular weight is 369 g/mol. The van der Waals surface area contributed by atoms with Crippen LogP contribution in [0.1, 0.15) is 40.5 Å². The van der Waals surface area contributed by atoms with Crippen molar-refractivity contribution in [2.75, 3.05) is 13.2 Å². The summed E-state index contributed by atoms with van der Waals surface area (Å²) in [5.41, 5.74) is 0. The van der Waals surface area contributed by atoms with Crippen molar-refractivity contribution < 1.29 is 33.3 Å². The van der Waals surface area contributed by atoms with E-state index in [9.17, 15) is 9.59 Å². The molecule has 0 aliphatic carbocycles. The molecule has 146 valence electrons. The van der Waals surface area contributed by atoms with Gasteiger partial charge in [-0.05, 0) is 34.1 Å². The Hall–Kier alpha value is -1.48. The fourth-order valence-corrected chi connectivity index (χ4v) is 3.56. The van der Waals surface area contributed by atoms with Crippen molar-refractivity contribution in [2.24, 2.45) is 0 Å². The van der Waals surface area contributed by atoms with E-state index < -0.39 is 42.0 Å². The number of amides is 2. The Morgan fingerprint density at radius 1 is 1.15 bits per heavy atom. The molecule has 0 aromatic rings. The summed E-state index contributed by atoms with van der Waals surface area (Å²) in [4.78, 5) is 26.3. The van der Waals surface area contributed by atoms with E-state index in [1.807, 2.05) is 0 Å². The van der Waals surface area contributed by atoms with Gasteiger partial charge in [0.05, 0.1) is 13.2 Å². The molecule has 0 unspecified atom stereocenters. The Balaban J connectivity index is 1.85. The molecule has 0 bridgehead atoms. The maximum atomic E-state index is 12.6. The fraction of sp³-hybridized carbons (Fsp3) is 0.778. The summed E-state index contributed by atoms with van der Waals surface area (Å²) in [6.45, 7) is 11.3. The zero-order valence-corrected chi connectivity index (χ0v) is 15.7. The molecule has 4 atom stereocenters. The van der Waals surface area contributed by atoms with Crippen molar-refractivity contribution >= 4 is 12.0 Å². The van der Waals surface area contributed by atoms with Crippen LogP contribution in [-0.4, -0.2) is 66.0 Å². The average Bonchev–Trinajstić information content (AvgIpc) is 3.19. The monoisotopic (exact) mass is 369 g/mol. The highest BCUT2D eigenvalue weighted by atomic mass is 16.8. The molecular formula is C18H27NO7. The number of hydrogen-bond acceptors (Lipinski definition) is 7. The number of imide groups is 1. The molecule has 3 aliphatic rings. The largest absolute Gasteiger partial charge is 0.441 e. The molecule has 0 radical (unpaired) electrons. The first kappa shape index (κ1) is 19.3. The van der Waals surface area contributed by atoms with Gasteiger partial charge in [-0.1, -0.05) is 6.08 Å². The summed E-state index contributed by atoms with van der Waals surface area (Å²) >= 11 is 0. The number of carbonyl (C=O) groups excluding carboxylic acids is 2. The van der Waals surface area contributed by atoms with E-state index in [1.54, 1.807) is 33.8 Å². The second-order valence-electron chi connectivity index (χ2n) is 7.66. The number of rotatable bonds is 5. The van der Waals surface area contributed by atoms with Crippen LogP contribution >= 0.6 is 0 Å². The van der Waals surface area contributed by atoms with Crippen LogP contribution < -0.4 is 0 Å². The summed E-state index contributed by atoms with van der Waals surface area (Å²) in [5, 5.41) is 0. The van der Waals surface area contributed by atoms with Crippen molar-refractivity contribution in [3.8, 4) is 0 Å². The van der Waals surface area contributed by atoms with E-state index >= 15 is 0 Å². The highest BCUT2D eigenvalue weighted by molar-refractivity contribution is 5.94. The maximum Gasteiger partial charge on any atom is 0.417 e. The lowest BCUT2D eigenvalue weighted by molar-refractivity contribution is -0.163.